The third kappa shape index (κ3) is 4.68. The number of halogens is 1. The van der Waals surface area contributed by atoms with Crippen molar-refractivity contribution in [1.29, 1.82) is 0 Å². The van der Waals surface area contributed by atoms with Gasteiger partial charge < -0.3 is 15.2 Å². The van der Waals surface area contributed by atoms with Crippen LogP contribution < -0.4 is 10.5 Å². The highest BCUT2D eigenvalue weighted by Crippen LogP contribution is 2.30. The lowest BCUT2D eigenvalue weighted by atomic mass is 10.0. The molecule has 0 aliphatic heterocycles. The summed E-state index contributed by atoms with van der Waals surface area (Å²) in [5.74, 6) is 1.53. The first-order chi connectivity index (χ1) is 9.20. The molecule has 1 unspecified atom stereocenters. The van der Waals surface area contributed by atoms with Gasteiger partial charge >= 0.3 is 0 Å². The Balaban J connectivity index is 1.91. The molecule has 1 saturated carbocycles. The van der Waals surface area contributed by atoms with Gasteiger partial charge in [0.2, 0.25) is 0 Å². The molecule has 106 valence electrons. The maximum atomic E-state index is 6.23. The van der Waals surface area contributed by atoms with Crippen molar-refractivity contribution in [2.24, 2.45) is 11.7 Å². The van der Waals surface area contributed by atoms with Gasteiger partial charge in [-0.1, -0.05) is 24.6 Å². The quantitative estimate of drug-likeness (QED) is 0.587. The standard InChI is InChI=1S/C15H22ClNO2/c1-2-12(17)8-13-14(16)4-3-5-15(13)19-10-18-9-11-6-7-11/h3-5,11-12H,2,6-10,17H2,1H3. The molecule has 2 N–H and O–H groups in total. The lowest BCUT2D eigenvalue weighted by Crippen LogP contribution is -2.22. The second kappa shape index (κ2) is 7.13. The minimum absolute atomic E-state index is 0.106. The summed E-state index contributed by atoms with van der Waals surface area (Å²) in [5, 5.41) is 0.712. The Morgan fingerprint density at radius 3 is 2.89 bits per heavy atom. The first-order valence-corrected chi connectivity index (χ1v) is 7.32. The van der Waals surface area contributed by atoms with Crippen LogP contribution in [0.3, 0.4) is 0 Å². The number of rotatable bonds is 8. The van der Waals surface area contributed by atoms with E-state index in [4.69, 9.17) is 26.8 Å². The Morgan fingerprint density at radius 1 is 1.42 bits per heavy atom. The molecular formula is C15H22ClNO2. The Hall–Kier alpha value is -0.770. The van der Waals surface area contributed by atoms with Crippen LogP contribution in [-0.4, -0.2) is 19.4 Å². The molecule has 0 aromatic heterocycles. The lowest BCUT2D eigenvalue weighted by molar-refractivity contribution is 0.00943. The molecule has 4 heteroatoms. The van der Waals surface area contributed by atoms with Crippen LogP contribution in [0.15, 0.2) is 18.2 Å². The van der Waals surface area contributed by atoms with E-state index in [9.17, 15) is 0 Å². The smallest absolute Gasteiger partial charge is 0.189 e. The van der Waals surface area contributed by atoms with Crippen LogP contribution >= 0.6 is 11.6 Å². The fourth-order valence-electron chi connectivity index (χ4n) is 1.88. The van der Waals surface area contributed by atoms with Gasteiger partial charge in [-0.3, -0.25) is 0 Å². The molecule has 0 bridgehead atoms. The molecule has 0 radical (unpaired) electrons. The van der Waals surface area contributed by atoms with Crippen molar-refractivity contribution in [2.75, 3.05) is 13.4 Å². The Bertz CT molecular complexity index is 407. The topological polar surface area (TPSA) is 44.5 Å². The van der Waals surface area contributed by atoms with E-state index in [-0.39, 0.29) is 12.8 Å². The second-order valence-electron chi connectivity index (χ2n) is 5.17. The molecule has 19 heavy (non-hydrogen) atoms. The number of ether oxygens (including phenoxy) is 2. The minimum atomic E-state index is 0.106. The fraction of sp³-hybridized carbons (Fsp3) is 0.600. The van der Waals surface area contributed by atoms with Gasteiger partial charge in [0, 0.05) is 16.6 Å². The van der Waals surface area contributed by atoms with Gasteiger partial charge in [0.25, 0.3) is 0 Å². The molecule has 1 aliphatic carbocycles. The summed E-state index contributed by atoms with van der Waals surface area (Å²) in [5.41, 5.74) is 6.98. The SMILES string of the molecule is CCC(N)Cc1c(Cl)cccc1OCOCC1CC1. The molecule has 0 amide bonds. The molecule has 1 atom stereocenters. The van der Waals surface area contributed by atoms with Gasteiger partial charge in [-0.2, -0.15) is 0 Å². The van der Waals surface area contributed by atoms with E-state index in [2.05, 4.69) is 6.92 Å². The maximum absolute atomic E-state index is 6.23. The van der Waals surface area contributed by atoms with Crippen LogP contribution in [0.5, 0.6) is 5.75 Å². The van der Waals surface area contributed by atoms with Gasteiger partial charge in [0.1, 0.15) is 5.75 Å². The Labute approximate surface area is 120 Å². The third-order valence-corrected chi connectivity index (χ3v) is 3.77. The molecule has 0 saturated heterocycles. The van der Waals surface area contributed by atoms with Crippen molar-refractivity contribution in [3.63, 3.8) is 0 Å². The molecule has 1 aromatic carbocycles. The van der Waals surface area contributed by atoms with E-state index in [1.165, 1.54) is 12.8 Å². The maximum Gasteiger partial charge on any atom is 0.189 e. The monoisotopic (exact) mass is 283 g/mol. The summed E-state index contributed by atoms with van der Waals surface area (Å²) >= 11 is 6.23. The first-order valence-electron chi connectivity index (χ1n) is 6.94. The largest absolute Gasteiger partial charge is 0.467 e. The molecule has 1 aliphatic rings. The average Bonchev–Trinajstić information content (AvgIpc) is 3.22. The zero-order valence-corrected chi connectivity index (χ0v) is 12.2. The van der Waals surface area contributed by atoms with Crippen LogP contribution in [0, 0.1) is 5.92 Å². The number of hydrogen-bond acceptors (Lipinski definition) is 3. The van der Waals surface area contributed by atoms with Crippen LogP contribution in [0.2, 0.25) is 5.02 Å². The van der Waals surface area contributed by atoms with E-state index in [0.29, 0.717) is 5.02 Å². The summed E-state index contributed by atoms with van der Waals surface area (Å²) in [6.45, 7) is 3.15. The Morgan fingerprint density at radius 2 is 2.21 bits per heavy atom. The highest BCUT2D eigenvalue weighted by Gasteiger charge is 2.21. The molecule has 1 fully saturated rings. The predicted octanol–water partition coefficient (Wildman–Crippen LogP) is 3.38. The number of hydrogen-bond donors (Lipinski definition) is 1. The van der Waals surface area contributed by atoms with Gasteiger partial charge in [0.15, 0.2) is 6.79 Å². The first kappa shape index (κ1) is 14.6. The van der Waals surface area contributed by atoms with Crippen molar-refractivity contribution in [3.8, 4) is 5.75 Å². The van der Waals surface area contributed by atoms with Crippen LogP contribution in [-0.2, 0) is 11.2 Å². The van der Waals surface area contributed by atoms with Gasteiger partial charge in [0.05, 0.1) is 6.61 Å². The third-order valence-electron chi connectivity index (χ3n) is 3.41. The van der Waals surface area contributed by atoms with Crippen LogP contribution in [0.1, 0.15) is 31.7 Å². The average molecular weight is 284 g/mol. The summed E-state index contributed by atoms with van der Waals surface area (Å²) in [6, 6.07) is 5.79. The Kier molecular flexibility index (Phi) is 5.49. The highest BCUT2D eigenvalue weighted by atomic mass is 35.5. The van der Waals surface area contributed by atoms with E-state index in [1.807, 2.05) is 18.2 Å². The van der Waals surface area contributed by atoms with Crippen molar-refractivity contribution >= 4 is 11.6 Å². The molecule has 1 aromatic rings. The molecule has 3 nitrogen and oxygen atoms in total. The lowest BCUT2D eigenvalue weighted by Gasteiger charge is -2.15. The molecule has 0 heterocycles. The van der Waals surface area contributed by atoms with Gasteiger partial charge in [-0.25, -0.2) is 0 Å². The van der Waals surface area contributed by atoms with E-state index in [1.54, 1.807) is 0 Å². The van der Waals surface area contributed by atoms with Crippen molar-refractivity contribution in [1.82, 2.24) is 0 Å². The van der Waals surface area contributed by atoms with E-state index in [0.717, 1.165) is 36.7 Å². The van der Waals surface area contributed by atoms with Crippen molar-refractivity contribution in [2.45, 2.75) is 38.6 Å². The minimum Gasteiger partial charge on any atom is -0.467 e. The van der Waals surface area contributed by atoms with E-state index < -0.39 is 0 Å². The van der Waals surface area contributed by atoms with Gasteiger partial charge in [-0.15, -0.1) is 0 Å². The number of benzene rings is 1. The predicted molar refractivity (Wildman–Crippen MR) is 77.6 cm³/mol. The summed E-state index contributed by atoms with van der Waals surface area (Å²) in [6.07, 6.45) is 4.22. The summed E-state index contributed by atoms with van der Waals surface area (Å²) < 4.78 is 11.2. The molecule has 2 rings (SSSR count). The second-order valence-corrected chi connectivity index (χ2v) is 5.57. The fourth-order valence-corrected chi connectivity index (χ4v) is 2.13. The van der Waals surface area contributed by atoms with E-state index >= 15 is 0 Å². The summed E-state index contributed by atoms with van der Waals surface area (Å²) in [7, 11) is 0. The van der Waals surface area contributed by atoms with Crippen LogP contribution in [0.4, 0.5) is 0 Å². The molecular weight excluding hydrogens is 262 g/mol. The zero-order chi connectivity index (χ0) is 13.7. The summed E-state index contributed by atoms with van der Waals surface area (Å²) in [4.78, 5) is 0. The number of nitrogens with two attached hydrogens (primary N) is 1. The zero-order valence-electron chi connectivity index (χ0n) is 11.4. The van der Waals surface area contributed by atoms with Crippen LogP contribution in [0.25, 0.3) is 0 Å². The van der Waals surface area contributed by atoms with Crippen molar-refractivity contribution in [3.05, 3.63) is 28.8 Å². The van der Waals surface area contributed by atoms with Crippen molar-refractivity contribution < 1.29 is 9.47 Å². The molecule has 0 spiro atoms. The van der Waals surface area contributed by atoms with Gasteiger partial charge in [-0.05, 0) is 43.7 Å². The highest BCUT2D eigenvalue weighted by molar-refractivity contribution is 6.31. The normalized spacial score (nSPS) is 16.4.